The minimum Gasteiger partial charge on any atom is -0.454 e. The molecule has 0 spiro atoms. The number of thiazole rings is 1. The Balaban J connectivity index is 1.18. The number of ether oxygens (including phenoxy) is 2. The summed E-state index contributed by atoms with van der Waals surface area (Å²) >= 11 is 1.52. The Morgan fingerprint density at radius 3 is 2.72 bits per heavy atom. The number of carbonyl (C=O) groups excluding carboxylic acids is 2. The lowest BCUT2D eigenvalue weighted by Gasteiger charge is -2.34. The Morgan fingerprint density at radius 2 is 1.97 bits per heavy atom. The van der Waals surface area contributed by atoms with Crippen molar-refractivity contribution in [2.45, 2.75) is 19.9 Å². The van der Waals surface area contributed by atoms with Crippen LogP contribution in [-0.4, -0.2) is 66.1 Å². The molecule has 0 atom stereocenters. The molecule has 8 nitrogen and oxygen atoms in total. The van der Waals surface area contributed by atoms with Gasteiger partial charge in [0.25, 0.3) is 0 Å². The van der Waals surface area contributed by atoms with E-state index in [0.717, 1.165) is 22.0 Å². The number of nitrogens with one attached hydrogen (secondary N) is 1. The molecule has 3 heterocycles. The van der Waals surface area contributed by atoms with Gasteiger partial charge < -0.3 is 19.7 Å². The molecule has 1 aromatic carbocycles. The molecule has 1 saturated heterocycles. The van der Waals surface area contributed by atoms with Crippen molar-refractivity contribution in [3.05, 3.63) is 39.8 Å². The van der Waals surface area contributed by atoms with Crippen LogP contribution in [0.15, 0.2) is 23.6 Å². The van der Waals surface area contributed by atoms with Gasteiger partial charge in [0.05, 0.1) is 13.0 Å². The number of piperazine rings is 1. The molecule has 2 aliphatic heterocycles. The molecule has 1 aromatic heterocycles. The highest BCUT2D eigenvalue weighted by Crippen LogP contribution is 2.32. The van der Waals surface area contributed by atoms with E-state index in [1.807, 2.05) is 35.4 Å². The second-order valence-electron chi connectivity index (χ2n) is 7.18. The molecule has 154 valence electrons. The Morgan fingerprint density at radius 1 is 1.17 bits per heavy atom. The third-order valence-electron chi connectivity index (χ3n) is 4.99. The van der Waals surface area contributed by atoms with Gasteiger partial charge in [0.2, 0.25) is 18.6 Å². The summed E-state index contributed by atoms with van der Waals surface area (Å²) in [5.41, 5.74) is 1.92. The molecule has 29 heavy (non-hydrogen) atoms. The Bertz CT molecular complexity index is 892. The van der Waals surface area contributed by atoms with E-state index < -0.39 is 0 Å². The fourth-order valence-electron chi connectivity index (χ4n) is 3.39. The van der Waals surface area contributed by atoms with Gasteiger partial charge >= 0.3 is 0 Å². The first kappa shape index (κ1) is 19.7. The molecule has 1 fully saturated rings. The number of carbonyl (C=O) groups is 2. The predicted octanol–water partition coefficient (Wildman–Crippen LogP) is 1.18. The fourth-order valence-corrected chi connectivity index (χ4v) is 4.15. The molecular weight excluding hydrogens is 392 g/mol. The second kappa shape index (κ2) is 8.79. The highest BCUT2D eigenvalue weighted by molar-refractivity contribution is 7.09. The van der Waals surface area contributed by atoms with E-state index in [-0.39, 0.29) is 18.6 Å². The lowest BCUT2D eigenvalue weighted by atomic mass is 10.2. The summed E-state index contributed by atoms with van der Waals surface area (Å²) < 4.78 is 10.6. The minimum atomic E-state index is -0.0271. The predicted molar refractivity (Wildman–Crippen MR) is 108 cm³/mol. The zero-order chi connectivity index (χ0) is 20.2. The summed E-state index contributed by atoms with van der Waals surface area (Å²) in [7, 11) is 0. The van der Waals surface area contributed by atoms with Crippen molar-refractivity contribution in [2.75, 3.05) is 39.5 Å². The van der Waals surface area contributed by atoms with E-state index in [4.69, 9.17) is 9.47 Å². The maximum atomic E-state index is 12.4. The van der Waals surface area contributed by atoms with E-state index in [2.05, 4.69) is 15.2 Å². The van der Waals surface area contributed by atoms with Crippen molar-refractivity contribution in [1.82, 2.24) is 20.1 Å². The van der Waals surface area contributed by atoms with Crippen molar-refractivity contribution in [1.29, 1.82) is 0 Å². The lowest BCUT2D eigenvalue weighted by molar-refractivity contribution is -0.132. The van der Waals surface area contributed by atoms with Crippen LogP contribution in [0.25, 0.3) is 0 Å². The van der Waals surface area contributed by atoms with Crippen molar-refractivity contribution in [3.8, 4) is 11.5 Å². The first-order valence-corrected chi connectivity index (χ1v) is 10.5. The third kappa shape index (κ3) is 5.04. The number of aromatic nitrogens is 1. The van der Waals surface area contributed by atoms with Gasteiger partial charge in [0, 0.05) is 43.8 Å². The van der Waals surface area contributed by atoms with Crippen LogP contribution in [0.2, 0.25) is 0 Å². The molecule has 0 saturated carbocycles. The van der Waals surface area contributed by atoms with Gasteiger partial charge in [-0.1, -0.05) is 6.07 Å². The number of benzene rings is 1. The van der Waals surface area contributed by atoms with Crippen molar-refractivity contribution in [3.63, 3.8) is 0 Å². The van der Waals surface area contributed by atoms with E-state index in [9.17, 15) is 9.59 Å². The average Bonchev–Trinajstić information content (AvgIpc) is 3.35. The van der Waals surface area contributed by atoms with Crippen LogP contribution in [0.1, 0.15) is 16.3 Å². The Hall–Kier alpha value is -2.65. The number of rotatable bonds is 6. The van der Waals surface area contributed by atoms with Crippen LogP contribution in [0, 0.1) is 6.92 Å². The zero-order valence-corrected chi connectivity index (χ0v) is 17.2. The SMILES string of the molecule is Cc1csc(CC(=O)N2CCN(CC(=O)NCc3ccc4c(c3)OCO4)CC2)n1. The van der Waals surface area contributed by atoms with Gasteiger partial charge in [-0.2, -0.15) is 0 Å². The van der Waals surface area contributed by atoms with Gasteiger partial charge in [-0.25, -0.2) is 4.98 Å². The molecular formula is C20H24N4O4S. The highest BCUT2D eigenvalue weighted by atomic mass is 32.1. The van der Waals surface area contributed by atoms with E-state index in [1.54, 1.807) is 0 Å². The standard InChI is InChI=1S/C20H24N4O4S/c1-14-12-29-19(22-14)9-20(26)24-6-4-23(5-7-24)11-18(25)21-10-15-2-3-16-17(8-15)28-13-27-16/h2-3,8,12H,4-7,9-11,13H2,1H3,(H,21,25). The van der Waals surface area contributed by atoms with Crippen LogP contribution in [-0.2, 0) is 22.6 Å². The quantitative estimate of drug-likeness (QED) is 0.762. The van der Waals surface area contributed by atoms with Crippen LogP contribution in [0.5, 0.6) is 11.5 Å². The van der Waals surface area contributed by atoms with Crippen LogP contribution in [0.3, 0.4) is 0 Å². The fraction of sp³-hybridized carbons (Fsp3) is 0.450. The van der Waals surface area contributed by atoms with Crippen molar-refractivity contribution in [2.24, 2.45) is 0 Å². The molecule has 0 radical (unpaired) electrons. The average molecular weight is 417 g/mol. The maximum Gasteiger partial charge on any atom is 0.234 e. The molecule has 1 N–H and O–H groups in total. The number of hydrogen-bond acceptors (Lipinski definition) is 7. The molecule has 4 rings (SSSR count). The smallest absolute Gasteiger partial charge is 0.234 e. The summed E-state index contributed by atoms with van der Waals surface area (Å²) in [4.78, 5) is 33.0. The van der Waals surface area contributed by atoms with E-state index in [1.165, 1.54) is 11.3 Å². The first-order valence-electron chi connectivity index (χ1n) is 9.63. The number of fused-ring (bicyclic) bond motifs is 1. The van der Waals surface area contributed by atoms with Gasteiger partial charge in [-0.15, -0.1) is 11.3 Å². The van der Waals surface area contributed by atoms with E-state index in [0.29, 0.717) is 51.4 Å². The molecule has 0 bridgehead atoms. The summed E-state index contributed by atoms with van der Waals surface area (Å²) in [6.07, 6.45) is 0.356. The first-order chi connectivity index (χ1) is 14.1. The van der Waals surface area contributed by atoms with Crippen molar-refractivity contribution >= 4 is 23.2 Å². The molecule has 9 heteroatoms. The number of aryl methyl sites for hydroxylation is 1. The second-order valence-corrected chi connectivity index (χ2v) is 8.12. The lowest BCUT2D eigenvalue weighted by Crippen LogP contribution is -2.51. The molecule has 2 amide bonds. The van der Waals surface area contributed by atoms with Crippen LogP contribution >= 0.6 is 11.3 Å². The Labute approximate surface area is 173 Å². The van der Waals surface area contributed by atoms with Gasteiger partial charge in [-0.3, -0.25) is 14.5 Å². The van der Waals surface area contributed by atoms with Gasteiger partial charge in [0.15, 0.2) is 11.5 Å². The summed E-state index contributed by atoms with van der Waals surface area (Å²) in [5.74, 6) is 1.52. The monoisotopic (exact) mass is 416 g/mol. The van der Waals surface area contributed by atoms with Crippen molar-refractivity contribution < 1.29 is 19.1 Å². The zero-order valence-electron chi connectivity index (χ0n) is 16.3. The Kier molecular flexibility index (Phi) is 5.96. The molecule has 2 aliphatic rings. The molecule has 0 aliphatic carbocycles. The maximum absolute atomic E-state index is 12.4. The normalized spacial score (nSPS) is 16.1. The summed E-state index contributed by atoms with van der Waals surface area (Å²) in [5, 5.41) is 5.76. The van der Waals surface area contributed by atoms with E-state index >= 15 is 0 Å². The van der Waals surface area contributed by atoms with Crippen LogP contribution < -0.4 is 14.8 Å². The van der Waals surface area contributed by atoms with Gasteiger partial charge in [0.1, 0.15) is 5.01 Å². The largest absolute Gasteiger partial charge is 0.454 e. The summed E-state index contributed by atoms with van der Waals surface area (Å²) in [6, 6.07) is 5.66. The third-order valence-corrected chi connectivity index (χ3v) is 5.95. The molecule has 0 unspecified atom stereocenters. The minimum absolute atomic E-state index is 0.0271. The topological polar surface area (TPSA) is 84.0 Å². The number of nitrogens with zero attached hydrogens (tertiary/aromatic N) is 3. The number of amides is 2. The highest BCUT2D eigenvalue weighted by Gasteiger charge is 2.23. The van der Waals surface area contributed by atoms with Crippen LogP contribution in [0.4, 0.5) is 0 Å². The number of hydrogen-bond donors (Lipinski definition) is 1. The molecule has 2 aromatic rings. The summed E-state index contributed by atoms with van der Waals surface area (Å²) in [6.45, 7) is 5.61. The van der Waals surface area contributed by atoms with Gasteiger partial charge in [-0.05, 0) is 24.6 Å².